The maximum absolute atomic E-state index is 11.5. The maximum atomic E-state index is 11.5. The Kier molecular flexibility index (Phi) is 9.66. The Labute approximate surface area is 120 Å². The van der Waals surface area contributed by atoms with Gasteiger partial charge in [-0.05, 0) is 39.8 Å². The van der Waals surface area contributed by atoms with Gasteiger partial charge in [-0.3, -0.25) is 0 Å². The van der Waals surface area contributed by atoms with E-state index in [4.69, 9.17) is 9.47 Å². The molecular weight excluding hydrogens is 256 g/mol. The van der Waals surface area contributed by atoms with Gasteiger partial charge in [-0.15, -0.1) is 0 Å². The van der Waals surface area contributed by atoms with Gasteiger partial charge < -0.3 is 9.47 Å². The molecule has 0 heterocycles. The van der Waals surface area contributed by atoms with Crippen LogP contribution in [0.25, 0.3) is 0 Å². The second kappa shape index (κ2) is 10.8. The molecule has 1 aromatic rings. The smallest absolute Gasteiger partial charge is 0.338 e. The Bertz CT molecular complexity index is 409. The van der Waals surface area contributed by atoms with Crippen LogP contribution in [0.3, 0.4) is 0 Å². The van der Waals surface area contributed by atoms with Gasteiger partial charge in [-0.2, -0.15) is 0 Å². The predicted molar refractivity (Wildman–Crippen MR) is 78.8 cm³/mol. The molecule has 20 heavy (non-hydrogen) atoms. The zero-order valence-corrected chi connectivity index (χ0v) is 12.5. The van der Waals surface area contributed by atoms with Crippen molar-refractivity contribution < 1.29 is 19.1 Å². The molecule has 1 rings (SSSR count). The number of allylic oxidation sites excluding steroid dienone is 2. The summed E-state index contributed by atoms with van der Waals surface area (Å²) in [7, 11) is 0. The lowest BCUT2D eigenvalue weighted by Gasteiger charge is -2.07. The average molecular weight is 278 g/mol. The monoisotopic (exact) mass is 278 g/mol. The number of rotatable bonds is 4. The summed E-state index contributed by atoms with van der Waals surface area (Å²) in [5.74, 6) is -1.02. The van der Waals surface area contributed by atoms with Crippen LogP contribution in [0.2, 0.25) is 0 Å². The molecule has 0 bridgehead atoms. The molecule has 4 heteroatoms. The van der Waals surface area contributed by atoms with Crippen LogP contribution in [0.1, 0.15) is 48.4 Å². The van der Waals surface area contributed by atoms with Crippen LogP contribution in [0.4, 0.5) is 0 Å². The van der Waals surface area contributed by atoms with Gasteiger partial charge in [-0.1, -0.05) is 24.3 Å². The van der Waals surface area contributed by atoms with Gasteiger partial charge in [0.05, 0.1) is 24.3 Å². The summed E-state index contributed by atoms with van der Waals surface area (Å²) in [6.07, 6.45) is 4.00. The quantitative estimate of drug-likeness (QED) is 0.623. The normalized spacial score (nSPS) is 9.60. The van der Waals surface area contributed by atoms with Crippen LogP contribution < -0.4 is 0 Å². The molecule has 0 aliphatic rings. The molecule has 1 aromatic carbocycles. The molecular formula is C16H22O4. The first-order valence-electron chi connectivity index (χ1n) is 6.62. The van der Waals surface area contributed by atoms with E-state index >= 15 is 0 Å². The van der Waals surface area contributed by atoms with Crippen molar-refractivity contribution in [3.63, 3.8) is 0 Å². The second-order valence-electron chi connectivity index (χ2n) is 3.65. The van der Waals surface area contributed by atoms with E-state index < -0.39 is 11.9 Å². The van der Waals surface area contributed by atoms with E-state index in [0.717, 1.165) is 0 Å². The van der Waals surface area contributed by atoms with E-state index in [1.807, 2.05) is 26.0 Å². The van der Waals surface area contributed by atoms with Crippen molar-refractivity contribution in [3.05, 3.63) is 47.5 Å². The van der Waals surface area contributed by atoms with Gasteiger partial charge >= 0.3 is 11.9 Å². The predicted octanol–water partition coefficient (Wildman–Crippen LogP) is 3.62. The molecule has 110 valence electrons. The lowest BCUT2D eigenvalue weighted by molar-refractivity contribution is 0.0479. The van der Waals surface area contributed by atoms with Crippen molar-refractivity contribution in [2.24, 2.45) is 0 Å². The summed E-state index contributed by atoms with van der Waals surface area (Å²) in [6.45, 7) is 7.97. The van der Waals surface area contributed by atoms with Crippen LogP contribution in [-0.4, -0.2) is 25.2 Å². The fourth-order valence-corrected chi connectivity index (χ4v) is 1.26. The van der Waals surface area contributed by atoms with Crippen molar-refractivity contribution in [1.82, 2.24) is 0 Å². The first kappa shape index (κ1) is 17.9. The third kappa shape index (κ3) is 6.18. The molecule has 0 aliphatic heterocycles. The lowest BCUT2D eigenvalue weighted by Crippen LogP contribution is -2.13. The van der Waals surface area contributed by atoms with Gasteiger partial charge in [-0.25, -0.2) is 9.59 Å². The average Bonchev–Trinajstić information content (AvgIpc) is 2.48. The number of ether oxygens (including phenoxy) is 2. The standard InChI is InChI=1S/C12H14O4.C4H8/c1-3-15-11(13)9-7-5-6-8-10(9)12(14)16-4-2;1-3-4-2/h5-8H,3-4H2,1-2H3;3-4H,1-2H3. The first-order chi connectivity index (χ1) is 9.62. The molecule has 4 nitrogen and oxygen atoms in total. The summed E-state index contributed by atoms with van der Waals surface area (Å²) in [4.78, 5) is 23.1. The number of hydrogen-bond acceptors (Lipinski definition) is 4. The van der Waals surface area contributed by atoms with E-state index in [2.05, 4.69) is 0 Å². The largest absolute Gasteiger partial charge is 0.462 e. The molecule has 0 N–H and O–H groups in total. The molecule has 0 unspecified atom stereocenters. The third-order valence-electron chi connectivity index (χ3n) is 2.25. The highest BCUT2D eigenvalue weighted by Crippen LogP contribution is 2.11. The van der Waals surface area contributed by atoms with E-state index in [0.29, 0.717) is 0 Å². The molecule has 0 saturated carbocycles. The van der Waals surface area contributed by atoms with E-state index in [-0.39, 0.29) is 24.3 Å². The fourth-order valence-electron chi connectivity index (χ4n) is 1.26. The number of carbonyl (C=O) groups excluding carboxylic acids is 2. The van der Waals surface area contributed by atoms with Gasteiger partial charge in [0.15, 0.2) is 0 Å². The molecule has 0 atom stereocenters. The molecule has 0 aliphatic carbocycles. The van der Waals surface area contributed by atoms with Crippen LogP contribution in [0, 0.1) is 0 Å². The van der Waals surface area contributed by atoms with E-state index in [9.17, 15) is 9.59 Å². The van der Waals surface area contributed by atoms with Crippen molar-refractivity contribution in [2.45, 2.75) is 27.7 Å². The van der Waals surface area contributed by atoms with Crippen molar-refractivity contribution >= 4 is 11.9 Å². The van der Waals surface area contributed by atoms with Gasteiger partial charge in [0.1, 0.15) is 0 Å². The van der Waals surface area contributed by atoms with Crippen molar-refractivity contribution in [2.75, 3.05) is 13.2 Å². The summed E-state index contributed by atoms with van der Waals surface area (Å²) in [6, 6.07) is 6.44. The van der Waals surface area contributed by atoms with Crippen molar-refractivity contribution in [1.29, 1.82) is 0 Å². The Balaban J connectivity index is 0.000000796. The number of esters is 2. The van der Waals surface area contributed by atoms with Crippen LogP contribution in [-0.2, 0) is 9.47 Å². The summed E-state index contributed by atoms with van der Waals surface area (Å²) in [5.41, 5.74) is 0.477. The molecule has 0 saturated heterocycles. The molecule has 0 amide bonds. The van der Waals surface area contributed by atoms with E-state index in [1.165, 1.54) is 0 Å². The minimum atomic E-state index is -0.508. The van der Waals surface area contributed by atoms with Crippen LogP contribution in [0.15, 0.2) is 36.4 Å². The Morgan fingerprint density at radius 3 is 1.50 bits per heavy atom. The Morgan fingerprint density at radius 2 is 1.25 bits per heavy atom. The highest BCUT2D eigenvalue weighted by atomic mass is 16.5. The molecule has 0 radical (unpaired) electrons. The SMILES string of the molecule is CC=CC.CCOC(=O)c1ccccc1C(=O)OCC. The first-order valence-corrected chi connectivity index (χ1v) is 6.62. The minimum Gasteiger partial charge on any atom is -0.462 e. The molecule has 0 fully saturated rings. The molecule has 0 aromatic heterocycles. The molecule has 0 spiro atoms. The van der Waals surface area contributed by atoms with Crippen LogP contribution >= 0.6 is 0 Å². The highest BCUT2D eigenvalue weighted by Gasteiger charge is 2.17. The fraction of sp³-hybridized carbons (Fsp3) is 0.375. The third-order valence-corrected chi connectivity index (χ3v) is 2.25. The Morgan fingerprint density at radius 1 is 0.900 bits per heavy atom. The van der Waals surface area contributed by atoms with Crippen molar-refractivity contribution in [3.8, 4) is 0 Å². The van der Waals surface area contributed by atoms with Crippen LogP contribution in [0.5, 0.6) is 0 Å². The zero-order valence-electron chi connectivity index (χ0n) is 12.5. The van der Waals surface area contributed by atoms with Gasteiger partial charge in [0, 0.05) is 0 Å². The topological polar surface area (TPSA) is 52.6 Å². The highest BCUT2D eigenvalue weighted by molar-refractivity contribution is 6.03. The number of carbonyl (C=O) groups is 2. The second-order valence-corrected chi connectivity index (χ2v) is 3.65. The lowest BCUT2D eigenvalue weighted by atomic mass is 10.1. The number of benzene rings is 1. The summed E-state index contributed by atoms with van der Waals surface area (Å²) in [5, 5.41) is 0. The maximum Gasteiger partial charge on any atom is 0.338 e. The number of hydrogen-bond donors (Lipinski definition) is 0. The Hall–Kier alpha value is -2.10. The summed E-state index contributed by atoms with van der Waals surface area (Å²) < 4.78 is 9.70. The zero-order chi connectivity index (χ0) is 15.4. The van der Waals surface area contributed by atoms with Gasteiger partial charge in [0.25, 0.3) is 0 Å². The van der Waals surface area contributed by atoms with Gasteiger partial charge in [0.2, 0.25) is 0 Å². The van der Waals surface area contributed by atoms with E-state index in [1.54, 1.807) is 38.1 Å². The minimum absolute atomic E-state index is 0.239. The summed E-state index contributed by atoms with van der Waals surface area (Å²) >= 11 is 0.